The molecule has 0 unspecified atom stereocenters. The molecule has 3 aromatic carbocycles. The molecular formula is C30H29N7O6S. The van der Waals surface area contributed by atoms with E-state index >= 15 is 0 Å². The van der Waals surface area contributed by atoms with Crippen LogP contribution in [0.4, 0.5) is 5.95 Å². The molecule has 3 N–H and O–H groups in total. The van der Waals surface area contributed by atoms with Gasteiger partial charge in [-0.1, -0.05) is 36.4 Å². The molecule has 1 aliphatic rings. The number of anilines is 1. The third-order valence-electron chi connectivity index (χ3n) is 7.45. The number of carbonyl (C=O) groups excluding carboxylic acids is 2. The monoisotopic (exact) mass is 615 g/mol. The second kappa shape index (κ2) is 11.9. The van der Waals surface area contributed by atoms with Crippen molar-refractivity contribution in [2.45, 2.75) is 30.4 Å². The Bertz CT molecular complexity index is 2070. The highest BCUT2D eigenvalue weighted by Gasteiger charge is 2.28. The van der Waals surface area contributed by atoms with E-state index in [9.17, 15) is 22.8 Å². The summed E-state index contributed by atoms with van der Waals surface area (Å²) in [6, 6.07) is 17.1. The maximum Gasteiger partial charge on any atom is 0.325 e. The van der Waals surface area contributed by atoms with Crippen molar-refractivity contribution in [2.75, 3.05) is 25.5 Å². The molecule has 0 saturated heterocycles. The summed E-state index contributed by atoms with van der Waals surface area (Å²) >= 11 is 0. The lowest BCUT2D eigenvalue weighted by Gasteiger charge is -2.18. The second-order valence-corrected chi connectivity index (χ2v) is 11.9. The van der Waals surface area contributed by atoms with Crippen molar-refractivity contribution in [1.29, 1.82) is 0 Å². The number of aromatic nitrogens is 4. The largest absolute Gasteiger partial charge is 0.468 e. The van der Waals surface area contributed by atoms with Crippen LogP contribution in [0.15, 0.2) is 82.6 Å². The van der Waals surface area contributed by atoms with Crippen molar-refractivity contribution in [3.8, 4) is 0 Å². The number of hydrogen-bond acceptors (Lipinski definition) is 9. The van der Waals surface area contributed by atoms with E-state index in [1.165, 1.54) is 12.1 Å². The first-order valence-corrected chi connectivity index (χ1v) is 15.4. The molecule has 1 atom stereocenters. The number of rotatable bonds is 10. The molecule has 13 nitrogen and oxygen atoms in total. The molecular weight excluding hydrogens is 586 g/mol. The van der Waals surface area contributed by atoms with E-state index in [0.29, 0.717) is 54.0 Å². The second-order valence-electron chi connectivity index (χ2n) is 10.3. The lowest BCUT2D eigenvalue weighted by atomic mass is 10.1. The minimum absolute atomic E-state index is 0.00858. The highest BCUT2D eigenvalue weighted by atomic mass is 32.2. The van der Waals surface area contributed by atoms with Crippen molar-refractivity contribution in [1.82, 2.24) is 29.4 Å². The molecule has 2 aromatic heterocycles. The van der Waals surface area contributed by atoms with E-state index in [1.807, 2.05) is 0 Å². The minimum atomic E-state index is -4.15. The zero-order chi connectivity index (χ0) is 30.8. The number of hydrogen-bond donors (Lipinski definition) is 3. The maximum atomic E-state index is 13.3. The molecule has 1 aliphatic heterocycles. The summed E-state index contributed by atoms with van der Waals surface area (Å²) in [5.41, 5.74) is 1.66. The van der Waals surface area contributed by atoms with Crippen LogP contribution in [0, 0.1) is 0 Å². The predicted octanol–water partition coefficient (Wildman–Crippen LogP) is 1.66. The summed E-state index contributed by atoms with van der Waals surface area (Å²) in [5, 5.41) is 12.1. The van der Waals surface area contributed by atoms with Crippen molar-refractivity contribution in [3.63, 3.8) is 0 Å². The number of esters is 1. The fraction of sp³-hybridized carbons (Fsp3) is 0.233. The number of ether oxygens (including phenoxy) is 1. The van der Waals surface area contributed by atoms with Crippen LogP contribution in [-0.2, 0) is 39.1 Å². The maximum absolute atomic E-state index is 13.3. The van der Waals surface area contributed by atoms with E-state index in [1.54, 1.807) is 70.0 Å². The lowest BCUT2D eigenvalue weighted by molar-refractivity contribution is -0.142. The van der Waals surface area contributed by atoms with Crippen LogP contribution in [0.2, 0.25) is 0 Å². The first-order chi connectivity index (χ1) is 21.2. The third kappa shape index (κ3) is 5.76. The number of nitrogens with zero attached hydrogens (tertiary/aromatic N) is 4. The van der Waals surface area contributed by atoms with Crippen molar-refractivity contribution in [2.24, 2.45) is 0 Å². The van der Waals surface area contributed by atoms with Crippen LogP contribution in [0.25, 0.3) is 21.7 Å². The summed E-state index contributed by atoms with van der Waals surface area (Å²) in [6.45, 7) is 1.42. The van der Waals surface area contributed by atoms with Crippen LogP contribution in [0.5, 0.6) is 0 Å². The Morgan fingerprint density at radius 1 is 1.07 bits per heavy atom. The van der Waals surface area contributed by atoms with Gasteiger partial charge >= 0.3 is 5.97 Å². The lowest BCUT2D eigenvalue weighted by Crippen LogP contribution is -2.48. The molecule has 0 aliphatic carbocycles. The fourth-order valence-electron chi connectivity index (χ4n) is 5.23. The molecule has 5 aromatic rings. The van der Waals surface area contributed by atoms with E-state index in [2.05, 4.69) is 25.4 Å². The van der Waals surface area contributed by atoms with Gasteiger partial charge in [0, 0.05) is 55.0 Å². The first kappa shape index (κ1) is 29.0. The Balaban J connectivity index is 1.13. The Morgan fingerprint density at radius 2 is 1.89 bits per heavy atom. The Morgan fingerprint density at radius 3 is 2.73 bits per heavy atom. The summed E-state index contributed by atoms with van der Waals surface area (Å²) in [5.74, 6) is -0.778. The molecule has 0 radical (unpaired) electrons. The smallest absolute Gasteiger partial charge is 0.325 e. The van der Waals surface area contributed by atoms with Crippen molar-refractivity contribution in [3.05, 3.63) is 94.5 Å². The van der Waals surface area contributed by atoms with Gasteiger partial charge in [0.05, 0.1) is 29.4 Å². The average Bonchev–Trinajstić information content (AvgIpc) is 3.68. The van der Waals surface area contributed by atoms with Gasteiger partial charge in [0.2, 0.25) is 16.0 Å². The minimum Gasteiger partial charge on any atom is -0.468 e. The zero-order valence-electron chi connectivity index (χ0n) is 23.7. The molecule has 6 rings (SSSR count). The molecule has 3 heterocycles. The van der Waals surface area contributed by atoms with Gasteiger partial charge in [-0.05, 0) is 29.7 Å². The fourth-order valence-corrected chi connectivity index (χ4v) is 6.65. The van der Waals surface area contributed by atoms with Crippen LogP contribution >= 0.6 is 0 Å². The van der Waals surface area contributed by atoms with Gasteiger partial charge < -0.3 is 15.4 Å². The highest BCUT2D eigenvalue weighted by molar-refractivity contribution is 7.89. The standard InChI is InChI=1S/C30H29N7O6S/c1-43-29(40)24(35-44(41,42)26-8-4-6-19-5-2-3-7-23(19)26)18-32-28(39)20-9-10-25-21(15-20)17-33-37(25)13-11-22-16-27(38)36-14-12-31-30(36)34-22/h2-10,15-17,24,35H,11-14,18H2,1H3,(H,31,34)(H,32,39)/t24-/m0/s1. The summed E-state index contributed by atoms with van der Waals surface area (Å²) in [4.78, 5) is 42.4. The van der Waals surface area contributed by atoms with Crippen LogP contribution in [0.1, 0.15) is 16.1 Å². The molecule has 0 bridgehead atoms. The third-order valence-corrected chi connectivity index (χ3v) is 8.98. The van der Waals surface area contributed by atoms with E-state index in [-0.39, 0.29) is 17.0 Å². The number of amides is 1. The number of methoxy groups -OCH3 is 1. The van der Waals surface area contributed by atoms with Crippen molar-refractivity contribution < 1.29 is 22.7 Å². The van der Waals surface area contributed by atoms with E-state index in [4.69, 9.17) is 4.74 Å². The summed E-state index contributed by atoms with van der Waals surface area (Å²) in [6.07, 6.45) is 2.13. The first-order valence-electron chi connectivity index (χ1n) is 13.9. The van der Waals surface area contributed by atoms with Gasteiger partial charge in [0.1, 0.15) is 6.04 Å². The number of nitrogens with one attached hydrogen (secondary N) is 3. The molecule has 0 fully saturated rings. The van der Waals surface area contributed by atoms with Gasteiger partial charge in [0.25, 0.3) is 11.5 Å². The Hall–Kier alpha value is -5.08. The van der Waals surface area contributed by atoms with Crippen LogP contribution < -0.4 is 20.9 Å². The topological polar surface area (TPSA) is 166 Å². The number of sulfonamides is 1. The van der Waals surface area contributed by atoms with Gasteiger partial charge in [0.15, 0.2) is 0 Å². The molecule has 226 valence electrons. The number of fused-ring (bicyclic) bond motifs is 3. The van der Waals surface area contributed by atoms with Crippen LogP contribution in [0.3, 0.4) is 0 Å². The predicted molar refractivity (Wildman–Crippen MR) is 163 cm³/mol. The van der Waals surface area contributed by atoms with Crippen LogP contribution in [-0.4, -0.2) is 65.9 Å². The van der Waals surface area contributed by atoms with Crippen molar-refractivity contribution >= 4 is 49.5 Å². The van der Waals surface area contributed by atoms with Gasteiger partial charge in [-0.15, -0.1) is 0 Å². The van der Waals surface area contributed by atoms with Gasteiger partial charge in [-0.25, -0.2) is 13.4 Å². The van der Waals surface area contributed by atoms with E-state index < -0.39 is 27.9 Å². The number of benzene rings is 3. The zero-order valence-corrected chi connectivity index (χ0v) is 24.5. The quantitative estimate of drug-likeness (QED) is 0.198. The molecule has 44 heavy (non-hydrogen) atoms. The summed E-state index contributed by atoms with van der Waals surface area (Å²) < 4.78 is 37.1. The average molecular weight is 616 g/mol. The molecule has 0 spiro atoms. The Labute approximate surface area is 251 Å². The molecule has 0 saturated carbocycles. The number of aryl methyl sites for hydroxylation is 2. The molecule has 1 amide bonds. The van der Waals surface area contributed by atoms with Gasteiger partial charge in [-0.3, -0.25) is 23.6 Å². The highest BCUT2D eigenvalue weighted by Crippen LogP contribution is 2.23. The normalized spacial score (nSPS) is 13.4. The van der Waals surface area contributed by atoms with E-state index in [0.717, 1.165) is 18.0 Å². The molecule has 14 heteroatoms. The van der Waals surface area contributed by atoms with Gasteiger partial charge in [-0.2, -0.15) is 9.82 Å². The SMILES string of the molecule is COC(=O)[C@H](CNC(=O)c1ccc2c(cnn2CCc2cc(=O)n3c(n2)NCC3)c1)NS(=O)(=O)c1cccc2ccccc12. The Kier molecular flexibility index (Phi) is 7.84. The summed E-state index contributed by atoms with van der Waals surface area (Å²) in [7, 11) is -3.01. The number of carbonyl (C=O) groups is 2.